The van der Waals surface area contributed by atoms with Gasteiger partial charge in [0, 0.05) is 0 Å². The van der Waals surface area contributed by atoms with E-state index < -0.39 is 17.1 Å². The van der Waals surface area contributed by atoms with E-state index in [1.165, 1.54) is 25.7 Å². The van der Waals surface area contributed by atoms with Crippen LogP contribution in [0.4, 0.5) is 0 Å². The summed E-state index contributed by atoms with van der Waals surface area (Å²) >= 11 is -3.04. The van der Waals surface area contributed by atoms with Crippen molar-refractivity contribution < 1.29 is 17.1 Å². The van der Waals surface area contributed by atoms with Crippen molar-refractivity contribution in [2.75, 3.05) is 0 Å². The number of hydrogen-bond acceptors (Lipinski definition) is 0. The Morgan fingerprint density at radius 2 is 1.18 bits per heavy atom. The number of halogens is 2. The summed E-state index contributed by atoms with van der Waals surface area (Å²) in [5.41, 5.74) is 6.52. The monoisotopic (exact) mass is 614 g/mol. The van der Waals surface area contributed by atoms with Gasteiger partial charge in [-0.1, -0.05) is 0 Å². The van der Waals surface area contributed by atoms with Crippen LogP contribution in [0.3, 0.4) is 0 Å². The van der Waals surface area contributed by atoms with Crippen LogP contribution in [0.15, 0.2) is 41.1 Å². The molecular formula is C18H32Br2HfSi. The van der Waals surface area contributed by atoms with Gasteiger partial charge < -0.3 is 0 Å². The molecule has 0 heterocycles. The first-order valence-corrected chi connectivity index (χ1v) is 27.2. The predicted molar refractivity (Wildman–Crippen MR) is 112 cm³/mol. The molecule has 0 radical (unpaired) electrons. The zero-order valence-electron chi connectivity index (χ0n) is 15.0. The van der Waals surface area contributed by atoms with E-state index in [4.69, 9.17) is 0 Å². The van der Waals surface area contributed by atoms with Gasteiger partial charge in [0.15, 0.2) is 0 Å². The number of rotatable bonds is 4. The zero-order chi connectivity index (χ0) is 15.2. The fourth-order valence-corrected chi connectivity index (χ4v) is 26.5. The Balaban J connectivity index is 0.00000220. The molecule has 0 saturated heterocycles. The second kappa shape index (κ2) is 7.92. The van der Waals surface area contributed by atoms with Crippen molar-refractivity contribution in [3.63, 3.8) is 0 Å². The van der Waals surface area contributed by atoms with Gasteiger partial charge >= 0.3 is 128 Å². The van der Waals surface area contributed by atoms with Crippen molar-refractivity contribution in [3.8, 4) is 0 Å². The topological polar surface area (TPSA) is 0 Å². The van der Waals surface area contributed by atoms with Crippen LogP contribution in [0.2, 0.25) is 9.36 Å². The van der Waals surface area contributed by atoms with Crippen LogP contribution in [-0.4, -0.2) is 6.94 Å². The fourth-order valence-electron chi connectivity index (χ4n) is 4.27. The summed E-state index contributed by atoms with van der Waals surface area (Å²) in [6, 6.07) is 0. The third kappa shape index (κ3) is 3.81. The van der Waals surface area contributed by atoms with Gasteiger partial charge in [0.25, 0.3) is 0 Å². The molecule has 4 heteroatoms. The van der Waals surface area contributed by atoms with Gasteiger partial charge in [-0.15, -0.1) is 34.0 Å². The van der Waals surface area contributed by atoms with Crippen molar-refractivity contribution in [3.05, 3.63) is 41.1 Å². The summed E-state index contributed by atoms with van der Waals surface area (Å²) in [6.45, 7) is 11.7. The maximum atomic E-state index is 2.69. The third-order valence-electron chi connectivity index (χ3n) is 5.55. The summed E-state index contributed by atoms with van der Waals surface area (Å²) in [5.74, 6) is 0. The molecule has 0 N–H and O–H groups in total. The molecule has 0 bridgehead atoms. The van der Waals surface area contributed by atoms with Crippen molar-refractivity contribution in [1.82, 2.24) is 0 Å². The Kier molecular flexibility index (Phi) is 8.29. The van der Waals surface area contributed by atoms with E-state index >= 15 is 0 Å². The summed E-state index contributed by atoms with van der Waals surface area (Å²) in [5, 5.41) is 0. The van der Waals surface area contributed by atoms with E-state index in [1.54, 1.807) is 22.3 Å². The Morgan fingerprint density at radius 1 is 0.864 bits per heavy atom. The van der Waals surface area contributed by atoms with Crippen LogP contribution in [0.1, 0.15) is 53.4 Å². The zero-order valence-corrected chi connectivity index (χ0v) is 23.4. The molecule has 0 unspecified atom stereocenters. The molecule has 0 aromatic heterocycles. The quantitative estimate of drug-likeness (QED) is 0.317. The Hall–Kier alpha value is 1.01. The van der Waals surface area contributed by atoms with Crippen molar-refractivity contribution >= 4 is 40.9 Å². The molecule has 2 rings (SSSR count). The molecule has 126 valence electrons. The summed E-state index contributed by atoms with van der Waals surface area (Å²) in [4.78, 5) is 0. The average molecular weight is 615 g/mol. The Labute approximate surface area is 160 Å². The molecule has 0 amide bonds. The fraction of sp³-hybridized carbons (Fsp3) is 0.556. The van der Waals surface area contributed by atoms with Crippen LogP contribution in [0.25, 0.3) is 0 Å². The van der Waals surface area contributed by atoms with E-state index in [-0.39, 0.29) is 34.0 Å². The van der Waals surface area contributed by atoms with Gasteiger partial charge in [-0.25, -0.2) is 0 Å². The second-order valence-corrected chi connectivity index (χ2v) is 48.5. The van der Waals surface area contributed by atoms with Gasteiger partial charge in [0.1, 0.15) is 0 Å². The van der Waals surface area contributed by atoms with Crippen LogP contribution in [-0.2, 0) is 17.1 Å². The van der Waals surface area contributed by atoms with E-state index in [1.807, 2.05) is 6.66 Å². The first kappa shape index (κ1) is 23.0. The number of allylic oxidation sites excluding steroid dienone is 8. The standard InChI is InChI=1S/2C8H11.2CH3.2BrH.Hf.H2Si/c2*1-3-8-6-4-5-7(8)2;;;;;;/h2*5H,3-4H2,1-2H3;2*1H3;2*1H;;1H2. The predicted octanol–water partition coefficient (Wildman–Crippen LogP) is 6.50. The maximum absolute atomic E-state index is 3.04. The first-order chi connectivity index (χ1) is 9.21. The van der Waals surface area contributed by atoms with Crippen LogP contribution >= 0.6 is 34.0 Å². The van der Waals surface area contributed by atoms with Gasteiger partial charge in [-0.05, 0) is 0 Å². The van der Waals surface area contributed by atoms with Crippen molar-refractivity contribution in [2.45, 2.75) is 62.7 Å². The van der Waals surface area contributed by atoms with E-state index in [2.05, 4.69) is 56.1 Å². The van der Waals surface area contributed by atoms with E-state index in [0.29, 0.717) is 0 Å². The molecule has 0 aromatic rings. The van der Waals surface area contributed by atoms with E-state index in [0.717, 1.165) is 0 Å². The molecule has 22 heavy (non-hydrogen) atoms. The van der Waals surface area contributed by atoms with Crippen LogP contribution < -0.4 is 0 Å². The Bertz CT molecular complexity index is 592. The average Bonchev–Trinajstić information content (AvgIpc) is 2.92. The molecule has 0 aliphatic heterocycles. The second-order valence-electron chi connectivity index (χ2n) is 7.49. The molecule has 2 aliphatic carbocycles. The summed E-state index contributed by atoms with van der Waals surface area (Å²) in [7, 11) is 0. The number of hydrogen-bond donors (Lipinski definition) is 0. The molecule has 0 spiro atoms. The minimum atomic E-state index is -3.04. The van der Waals surface area contributed by atoms with Crippen molar-refractivity contribution in [1.29, 1.82) is 0 Å². The summed E-state index contributed by atoms with van der Waals surface area (Å²) < 4.78 is 9.13. The molecular weight excluding hydrogens is 583 g/mol. The molecule has 0 fully saturated rings. The third-order valence-corrected chi connectivity index (χ3v) is 30.1. The van der Waals surface area contributed by atoms with Gasteiger partial charge in [-0.2, -0.15) is 0 Å². The molecule has 0 aromatic carbocycles. The van der Waals surface area contributed by atoms with Crippen molar-refractivity contribution in [2.24, 2.45) is 0 Å². The molecule has 0 saturated carbocycles. The summed E-state index contributed by atoms with van der Waals surface area (Å²) in [6.07, 6.45) is 9.86. The Morgan fingerprint density at radius 3 is 1.45 bits per heavy atom. The molecule has 2 aliphatic rings. The normalized spacial score (nSPS) is 18.9. The van der Waals surface area contributed by atoms with Crippen LogP contribution in [0, 0.1) is 0 Å². The molecule has 0 atom stereocenters. The first-order valence-electron chi connectivity index (χ1n) is 8.08. The van der Waals surface area contributed by atoms with Crippen LogP contribution in [0.5, 0.6) is 0 Å². The molecule has 0 nitrogen and oxygen atoms in total. The van der Waals surface area contributed by atoms with Gasteiger partial charge in [0.2, 0.25) is 0 Å². The van der Waals surface area contributed by atoms with Gasteiger partial charge in [0.05, 0.1) is 0 Å². The SMILES string of the molecule is Br.Br.CCC1=[C]([Hf]([CH3])([CH3])(=[SiH2])[C]2=C(CC)C(C)=CC2)CC=C1C. The minimum absolute atomic E-state index is 0. The van der Waals surface area contributed by atoms with E-state index in [9.17, 15) is 0 Å². The van der Waals surface area contributed by atoms with Gasteiger partial charge in [-0.3, -0.25) is 0 Å².